The molecule has 0 spiro atoms. The van der Waals surface area contributed by atoms with Gasteiger partial charge in [0.15, 0.2) is 0 Å². The van der Waals surface area contributed by atoms with Crippen LogP contribution in [0.4, 0.5) is 5.95 Å². The number of aromatic nitrogens is 3. The summed E-state index contributed by atoms with van der Waals surface area (Å²) in [5, 5.41) is 6.69. The van der Waals surface area contributed by atoms with E-state index in [4.69, 9.17) is 10.5 Å². The SMILES string of the molecule is CCN1CCOC(CNC(=O)Cn2cnc(N)n2)C1. The lowest BCUT2D eigenvalue weighted by Crippen LogP contribution is -2.47. The molecule has 0 bridgehead atoms. The number of hydrogen-bond acceptors (Lipinski definition) is 6. The highest BCUT2D eigenvalue weighted by Gasteiger charge is 2.19. The lowest BCUT2D eigenvalue weighted by Gasteiger charge is -2.32. The van der Waals surface area contributed by atoms with Gasteiger partial charge in [-0.05, 0) is 6.54 Å². The van der Waals surface area contributed by atoms with Gasteiger partial charge >= 0.3 is 0 Å². The van der Waals surface area contributed by atoms with Crippen LogP contribution in [0.2, 0.25) is 0 Å². The molecule has 19 heavy (non-hydrogen) atoms. The Labute approximate surface area is 111 Å². The number of nitrogen functional groups attached to an aromatic ring is 1. The van der Waals surface area contributed by atoms with E-state index in [1.54, 1.807) is 0 Å². The molecule has 1 aromatic rings. The van der Waals surface area contributed by atoms with Crippen LogP contribution in [0.25, 0.3) is 0 Å². The van der Waals surface area contributed by atoms with Crippen LogP contribution in [0.15, 0.2) is 6.33 Å². The molecule has 2 heterocycles. The van der Waals surface area contributed by atoms with E-state index in [1.165, 1.54) is 11.0 Å². The molecule has 1 aliphatic rings. The van der Waals surface area contributed by atoms with Crippen molar-refractivity contribution in [1.82, 2.24) is 25.0 Å². The predicted molar refractivity (Wildman–Crippen MR) is 69.3 cm³/mol. The maximum atomic E-state index is 11.7. The average molecular weight is 268 g/mol. The van der Waals surface area contributed by atoms with E-state index in [1.807, 2.05) is 0 Å². The minimum atomic E-state index is -0.123. The summed E-state index contributed by atoms with van der Waals surface area (Å²) >= 11 is 0. The number of ether oxygens (including phenoxy) is 1. The summed E-state index contributed by atoms with van der Waals surface area (Å²) in [6.07, 6.45) is 1.49. The van der Waals surface area contributed by atoms with E-state index < -0.39 is 0 Å². The van der Waals surface area contributed by atoms with Crippen LogP contribution in [-0.2, 0) is 16.1 Å². The zero-order valence-electron chi connectivity index (χ0n) is 11.1. The number of nitrogens with two attached hydrogens (primary N) is 1. The first-order valence-electron chi connectivity index (χ1n) is 6.43. The number of carbonyl (C=O) groups excluding carboxylic acids is 1. The molecule has 106 valence electrons. The lowest BCUT2D eigenvalue weighted by atomic mass is 10.2. The summed E-state index contributed by atoms with van der Waals surface area (Å²) in [5.74, 6) is 0.0455. The minimum Gasteiger partial charge on any atom is -0.374 e. The molecule has 1 saturated heterocycles. The second-order valence-corrected chi connectivity index (χ2v) is 4.49. The molecule has 0 aromatic carbocycles. The Balaban J connectivity index is 1.71. The van der Waals surface area contributed by atoms with Crippen LogP contribution in [-0.4, -0.2) is 64.5 Å². The van der Waals surface area contributed by atoms with Gasteiger partial charge in [-0.1, -0.05) is 6.92 Å². The first-order valence-corrected chi connectivity index (χ1v) is 6.43. The topological polar surface area (TPSA) is 98.3 Å². The zero-order chi connectivity index (χ0) is 13.7. The summed E-state index contributed by atoms with van der Waals surface area (Å²) in [7, 11) is 0. The maximum absolute atomic E-state index is 11.7. The average Bonchev–Trinajstić information content (AvgIpc) is 2.82. The van der Waals surface area contributed by atoms with Crippen molar-refractivity contribution in [2.45, 2.75) is 19.6 Å². The number of morpholine rings is 1. The first kappa shape index (κ1) is 13.8. The molecule has 1 aromatic heterocycles. The monoisotopic (exact) mass is 268 g/mol. The van der Waals surface area contributed by atoms with Gasteiger partial charge in [0.2, 0.25) is 11.9 Å². The number of amides is 1. The summed E-state index contributed by atoms with van der Waals surface area (Å²) in [6, 6.07) is 0. The third-order valence-corrected chi connectivity index (χ3v) is 3.06. The molecular formula is C11H20N6O2. The van der Waals surface area contributed by atoms with Gasteiger partial charge in [0, 0.05) is 19.6 Å². The van der Waals surface area contributed by atoms with Crippen molar-refractivity contribution in [2.24, 2.45) is 0 Å². The highest BCUT2D eigenvalue weighted by Crippen LogP contribution is 2.03. The maximum Gasteiger partial charge on any atom is 0.241 e. The zero-order valence-corrected chi connectivity index (χ0v) is 11.1. The van der Waals surface area contributed by atoms with Crippen LogP contribution in [0, 0.1) is 0 Å². The van der Waals surface area contributed by atoms with Crippen molar-refractivity contribution >= 4 is 11.9 Å². The van der Waals surface area contributed by atoms with Crippen LogP contribution < -0.4 is 11.1 Å². The highest BCUT2D eigenvalue weighted by molar-refractivity contribution is 5.75. The van der Waals surface area contributed by atoms with Gasteiger partial charge < -0.3 is 15.8 Å². The van der Waals surface area contributed by atoms with Gasteiger partial charge in [0.1, 0.15) is 12.9 Å². The van der Waals surface area contributed by atoms with Gasteiger partial charge in [0.05, 0.1) is 12.7 Å². The molecule has 1 aliphatic heterocycles. The second kappa shape index (κ2) is 6.48. The molecule has 0 radical (unpaired) electrons. The molecule has 8 nitrogen and oxygen atoms in total. The summed E-state index contributed by atoms with van der Waals surface area (Å²) in [4.78, 5) is 17.8. The molecular weight excluding hydrogens is 248 g/mol. The van der Waals surface area contributed by atoms with E-state index in [0.717, 1.165) is 19.6 Å². The minimum absolute atomic E-state index is 0.0541. The second-order valence-electron chi connectivity index (χ2n) is 4.49. The Hall–Kier alpha value is -1.67. The number of hydrogen-bond donors (Lipinski definition) is 2. The number of nitrogens with zero attached hydrogens (tertiary/aromatic N) is 4. The fourth-order valence-electron chi connectivity index (χ4n) is 2.01. The van der Waals surface area contributed by atoms with Crippen molar-refractivity contribution in [2.75, 3.05) is 38.5 Å². The predicted octanol–water partition coefficient (Wildman–Crippen LogP) is -1.30. The molecule has 3 N–H and O–H groups in total. The molecule has 2 rings (SSSR count). The molecule has 0 aliphatic carbocycles. The summed E-state index contributed by atoms with van der Waals surface area (Å²) in [5.41, 5.74) is 5.38. The highest BCUT2D eigenvalue weighted by atomic mass is 16.5. The summed E-state index contributed by atoms with van der Waals surface area (Å²) in [6.45, 7) is 6.29. The van der Waals surface area contributed by atoms with E-state index in [0.29, 0.717) is 13.2 Å². The van der Waals surface area contributed by atoms with Crippen molar-refractivity contribution in [1.29, 1.82) is 0 Å². The number of nitrogens with one attached hydrogen (secondary N) is 1. The van der Waals surface area contributed by atoms with Crippen LogP contribution in [0.1, 0.15) is 6.92 Å². The number of rotatable bonds is 5. The Bertz CT molecular complexity index is 421. The van der Waals surface area contributed by atoms with Gasteiger partial charge in [-0.15, -0.1) is 5.10 Å². The van der Waals surface area contributed by atoms with Gasteiger partial charge in [-0.2, -0.15) is 0 Å². The van der Waals surface area contributed by atoms with E-state index in [-0.39, 0.29) is 24.5 Å². The standard InChI is InChI=1S/C11H20N6O2/c1-2-16-3-4-19-9(6-16)5-13-10(18)7-17-8-14-11(12)15-17/h8-9H,2-7H2,1H3,(H2,12,15)(H,13,18). The van der Waals surface area contributed by atoms with Crippen LogP contribution in [0.5, 0.6) is 0 Å². The fourth-order valence-corrected chi connectivity index (χ4v) is 2.01. The Kier molecular flexibility index (Phi) is 4.69. The lowest BCUT2D eigenvalue weighted by molar-refractivity contribution is -0.123. The Morgan fingerprint density at radius 3 is 3.21 bits per heavy atom. The molecule has 1 fully saturated rings. The van der Waals surface area contributed by atoms with Crippen LogP contribution in [0.3, 0.4) is 0 Å². The Morgan fingerprint density at radius 2 is 2.53 bits per heavy atom. The molecule has 1 atom stereocenters. The van der Waals surface area contributed by atoms with Crippen LogP contribution >= 0.6 is 0 Å². The number of carbonyl (C=O) groups is 1. The van der Waals surface area contributed by atoms with Crippen molar-refractivity contribution in [3.05, 3.63) is 6.33 Å². The third kappa shape index (κ3) is 4.18. The Morgan fingerprint density at radius 1 is 1.68 bits per heavy atom. The van der Waals surface area contributed by atoms with E-state index in [9.17, 15) is 4.79 Å². The third-order valence-electron chi connectivity index (χ3n) is 3.06. The molecule has 1 unspecified atom stereocenters. The fraction of sp³-hybridized carbons (Fsp3) is 0.727. The summed E-state index contributed by atoms with van der Waals surface area (Å²) < 4.78 is 7.01. The van der Waals surface area contributed by atoms with Gasteiger partial charge in [0.25, 0.3) is 0 Å². The van der Waals surface area contributed by atoms with Crippen molar-refractivity contribution in [3.63, 3.8) is 0 Å². The van der Waals surface area contributed by atoms with Crippen molar-refractivity contribution < 1.29 is 9.53 Å². The largest absolute Gasteiger partial charge is 0.374 e. The molecule has 0 saturated carbocycles. The number of anilines is 1. The van der Waals surface area contributed by atoms with Gasteiger partial charge in [-0.3, -0.25) is 9.69 Å². The number of likely N-dealkylation sites (N-methyl/N-ethyl adjacent to an activating group) is 1. The molecule has 1 amide bonds. The normalized spacial score (nSPS) is 20.4. The van der Waals surface area contributed by atoms with E-state index in [2.05, 4.69) is 27.2 Å². The van der Waals surface area contributed by atoms with Crippen molar-refractivity contribution in [3.8, 4) is 0 Å². The van der Waals surface area contributed by atoms with Gasteiger partial charge in [-0.25, -0.2) is 9.67 Å². The first-order chi connectivity index (χ1) is 9.17. The van der Waals surface area contributed by atoms with E-state index >= 15 is 0 Å². The molecule has 8 heteroatoms. The smallest absolute Gasteiger partial charge is 0.241 e. The quantitative estimate of drug-likeness (QED) is 0.688.